The van der Waals surface area contributed by atoms with E-state index in [1.165, 1.54) is 0 Å². The van der Waals surface area contributed by atoms with Gasteiger partial charge in [-0.05, 0) is 43.7 Å². The summed E-state index contributed by atoms with van der Waals surface area (Å²) in [6.07, 6.45) is 5.89. The summed E-state index contributed by atoms with van der Waals surface area (Å²) in [5, 5.41) is 0. The van der Waals surface area contributed by atoms with E-state index in [4.69, 9.17) is 0 Å². The van der Waals surface area contributed by atoms with Crippen LogP contribution in [0.2, 0.25) is 0 Å². The highest BCUT2D eigenvalue weighted by molar-refractivity contribution is 7.89. The molecule has 1 aliphatic rings. The van der Waals surface area contributed by atoms with Crippen molar-refractivity contribution in [2.24, 2.45) is 17.8 Å². The van der Waals surface area contributed by atoms with Crippen LogP contribution in [-0.4, -0.2) is 25.8 Å². The summed E-state index contributed by atoms with van der Waals surface area (Å²) in [5.74, 6) is 1.43. The molecule has 2 rings (SSSR count). The van der Waals surface area contributed by atoms with Crippen molar-refractivity contribution in [3.05, 3.63) is 54.6 Å². The lowest BCUT2D eigenvalue weighted by Gasteiger charge is -2.21. The lowest BCUT2D eigenvalue weighted by Crippen LogP contribution is -2.33. The monoisotopic (exact) mass is 319 g/mol. The molecule has 1 aliphatic carbocycles. The topological polar surface area (TPSA) is 37.4 Å². The van der Waals surface area contributed by atoms with Crippen LogP contribution in [0.15, 0.2) is 54.0 Å². The first-order chi connectivity index (χ1) is 10.4. The lowest BCUT2D eigenvalue weighted by molar-refractivity contribution is 0.415. The second-order valence-electron chi connectivity index (χ2n) is 6.05. The van der Waals surface area contributed by atoms with Crippen molar-refractivity contribution < 1.29 is 8.42 Å². The van der Waals surface area contributed by atoms with Gasteiger partial charge in [0, 0.05) is 13.1 Å². The first-order valence-electron chi connectivity index (χ1n) is 7.72. The van der Waals surface area contributed by atoms with Gasteiger partial charge in [0.05, 0.1) is 4.90 Å². The van der Waals surface area contributed by atoms with Crippen LogP contribution in [0.25, 0.3) is 0 Å². The van der Waals surface area contributed by atoms with E-state index in [9.17, 15) is 8.42 Å². The molecule has 0 unspecified atom stereocenters. The van der Waals surface area contributed by atoms with Crippen LogP contribution in [0.3, 0.4) is 0 Å². The van der Waals surface area contributed by atoms with Crippen molar-refractivity contribution >= 4 is 10.0 Å². The molecule has 0 aromatic heterocycles. The highest BCUT2D eigenvalue weighted by Crippen LogP contribution is 2.47. The first-order valence-corrected chi connectivity index (χ1v) is 9.16. The third-order valence-electron chi connectivity index (χ3n) is 4.46. The maximum Gasteiger partial charge on any atom is 0.243 e. The van der Waals surface area contributed by atoms with Gasteiger partial charge in [-0.2, -0.15) is 4.31 Å². The molecule has 0 bridgehead atoms. The Morgan fingerprint density at radius 1 is 1.27 bits per heavy atom. The number of hydrogen-bond donors (Lipinski definition) is 0. The number of hydrogen-bond acceptors (Lipinski definition) is 2. The smallest absolute Gasteiger partial charge is 0.207 e. The molecule has 3 atom stereocenters. The number of benzene rings is 1. The quantitative estimate of drug-likeness (QED) is 0.720. The zero-order valence-electron chi connectivity index (χ0n) is 13.6. The molecule has 0 saturated heterocycles. The Kier molecular flexibility index (Phi) is 5.24. The van der Waals surface area contributed by atoms with Gasteiger partial charge in [-0.3, -0.25) is 0 Å². The molecule has 1 fully saturated rings. The summed E-state index contributed by atoms with van der Waals surface area (Å²) < 4.78 is 27.2. The molecule has 0 heterocycles. The Labute approximate surface area is 134 Å². The van der Waals surface area contributed by atoms with Crippen LogP contribution >= 0.6 is 0 Å². The summed E-state index contributed by atoms with van der Waals surface area (Å²) in [6.45, 7) is 10.7. The van der Waals surface area contributed by atoms with Crippen LogP contribution in [0, 0.1) is 24.7 Å². The van der Waals surface area contributed by atoms with Gasteiger partial charge in [-0.25, -0.2) is 8.42 Å². The average Bonchev–Trinajstić information content (AvgIpc) is 3.08. The van der Waals surface area contributed by atoms with Crippen LogP contribution in [-0.2, 0) is 10.0 Å². The van der Waals surface area contributed by atoms with E-state index in [2.05, 4.69) is 19.6 Å². The minimum atomic E-state index is -3.46. The van der Waals surface area contributed by atoms with Gasteiger partial charge in [0.15, 0.2) is 0 Å². The molecule has 0 spiro atoms. The van der Waals surface area contributed by atoms with Crippen LogP contribution in [0.1, 0.15) is 19.4 Å². The highest BCUT2D eigenvalue weighted by atomic mass is 32.2. The summed E-state index contributed by atoms with van der Waals surface area (Å²) in [5.41, 5.74) is 1.05. The van der Waals surface area contributed by atoms with E-state index >= 15 is 0 Å². The van der Waals surface area contributed by atoms with Gasteiger partial charge in [0.2, 0.25) is 10.0 Å². The second kappa shape index (κ2) is 6.80. The minimum absolute atomic E-state index is 0.349. The summed E-state index contributed by atoms with van der Waals surface area (Å²) in [4.78, 5) is 0.357. The highest BCUT2D eigenvalue weighted by Gasteiger charge is 2.46. The van der Waals surface area contributed by atoms with Crippen LogP contribution < -0.4 is 0 Å². The van der Waals surface area contributed by atoms with Crippen molar-refractivity contribution in [2.75, 3.05) is 13.1 Å². The largest absolute Gasteiger partial charge is 0.243 e. The van der Waals surface area contributed by atoms with Crippen molar-refractivity contribution in [3.63, 3.8) is 0 Å². The van der Waals surface area contributed by atoms with Gasteiger partial charge >= 0.3 is 0 Å². The molecule has 0 N–H and O–H groups in total. The van der Waals surface area contributed by atoms with Crippen molar-refractivity contribution in [3.8, 4) is 0 Å². The predicted octanol–water partition coefficient (Wildman–Crippen LogP) is 3.63. The molecule has 4 heteroatoms. The molecule has 1 aromatic carbocycles. The van der Waals surface area contributed by atoms with Crippen LogP contribution in [0.4, 0.5) is 0 Å². The third-order valence-corrected chi connectivity index (χ3v) is 6.30. The molecule has 0 amide bonds. The first kappa shape index (κ1) is 17.0. The molecular formula is C18H25NO2S. The van der Waals surface area contributed by atoms with E-state index in [-0.39, 0.29) is 0 Å². The molecule has 0 aliphatic heterocycles. The lowest BCUT2D eigenvalue weighted by atomic mass is 10.2. The standard InChI is InChI=1S/C18H25NO2S/c1-5-7-17-15(4)18(17)13-19(12-6-2)22(20,21)16-10-8-14(3)9-11-16/h5-11,15,17-18H,2,12-13H2,1,3-4H3/b7-5+/t15-,17+,18+/m1/s1. The predicted molar refractivity (Wildman–Crippen MR) is 91.1 cm³/mol. The van der Waals surface area contributed by atoms with Gasteiger partial charge in [-0.15, -0.1) is 6.58 Å². The maximum absolute atomic E-state index is 12.8. The fourth-order valence-corrected chi connectivity index (χ4v) is 4.37. The second-order valence-corrected chi connectivity index (χ2v) is 7.99. The van der Waals surface area contributed by atoms with Crippen molar-refractivity contribution in [1.29, 1.82) is 0 Å². The number of sulfonamides is 1. The molecule has 22 heavy (non-hydrogen) atoms. The average molecular weight is 319 g/mol. The van der Waals surface area contributed by atoms with Crippen LogP contribution in [0.5, 0.6) is 0 Å². The molecule has 1 saturated carbocycles. The molecule has 0 radical (unpaired) electrons. The number of aryl methyl sites for hydroxylation is 1. The Bertz CT molecular complexity index is 646. The summed E-state index contributed by atoms with van der Waals surface area (Å²) >= 11 is 0. The molecule has 3 nitrogen and oxygen atoms in total. The Morgan fingerprint density at radius 3 is 2.45 bits per heavy atom. The van der Waals surface area contributed by atoms with E-state index in [0.717, 1.165) is 5.56 Å². The molecule has 120 valence electrons. The normalized spacial score (nSPS) is 24.8. The summed E-state index contributed by atoms with van der Waals surface area (Å²) in [7, 11) is -3.46. The molecular weight excluding hydrogens is 294 g/mol. The number of allylic oxidation sites excluding steroid dienone is 2. The van der Waals surface area contributed by atoms with Gasteiger partial charge < -0.3 is 0 Å². The summed E-state index contributed by atoms with van der Waals surface area (Å²) in [6, 6.07) is 7.03. The zero-order chi connectivity index (χ0) is 16.3. The van der Waals surface area contributed by atoms with Crippen molar-refractivity contribution in [2.45, 2.75) is 25.7 Å². The van der Waals surface area contributed by atoms with E-state index < -0.39 is 10.0 Å². The zero-order valence-corrected chi connectivity index (χ0v) is 14.4. The Hall–Kier alpha value is -1.39. The van der Waals surface area contributed by atoms with E-state index in [1.54, 1.807) is 22.5 Å². The van der Waals surface area contributed by atoms with Gasteiger partial charge in [0.25, 0.3) is 0 Å². The van der Waals surface area contributed by atoms with Crippen molar-refractivity contribution in [1.82, 2.24) is 4.31 Å². The molecule has 1 aromatic rings. The number of rotatable bonds is 7. The third kappa shape index (κ3) is 3.50. The fourth-order valence-electron chi connectivity index (χ4n) is 2.92. The van der Waals surface area contributed by atoms with Gasteiger partial charge in [0.1, 0.15) is 0 Å². The minimum Gasteiger partial charge on any atom is -0.207 e. The SMILES string of the molecule is C=CCN(C[C@H]1[C@H](C)[C@@H]1/C=C/C)S(=O)(=O)c1ccc(C)cc1. The van der Waals surface area contributed by atoms with E-state index in [1.807, 2.05) is 32.1 Å². The van der Waals surface area contributed by atoms with E-state index in [0.29, 0.717) is 35.7 Å². The van der Waals surface area contributed by atoms with Gasteiger partial charge in [-0.1, -0.05) is 42.8 Å². The Morgan fingerprint density at radius 2 is 1.91 bits per heavy atom. The maximum atomic E-state index is 12.8. The Balaban J connectivity index is 2.20. The number of nitrogens with zero attached hydrogens (tertiary/aromatic N) is 1. The fraction of sp³-hybridized carbons (Fsp3) is 0.444.